The Balaban J connectivity index is 1.78. The summed E-state index contributed by atoms with van der Waals surface area (Å²) in [7, 11) is -3.45. The van der Waals surface area contributed by atoms with Gasteiger partial charge in [-0.05, 0) is 36.2 Å². The Bertz CT molecular complexity index is 799. The first-order valence-corrected chi connectivity index (χ1v) is 8.33. The third kappa shape index (κ3) is 2.94. The number of sulfonamides is 1. The number of hydrogen-bond donors (Lipinski definition) is 1. The van der Waals surface area contributed by atoms with Gasteiger partial charge in [-0.3, -0.25) is 9.71 Å². The van der Waals surface area contributed by atoms with E-state index in [2.05, 4.69) is 9.71 Å². The van der Waals surface area contributed by atoms with Crippen LogP contribution in [0.15, 0.2) is 58.4 Å². The first-order valence-electron chi connectivity index (χ1n) is 6.47. The van der Waals surface area contributed by atoms with Crippen molar-refractivity contribution < 1.29 is 8.42 Å². The fraction of sp³-hybridized carbons (Fsp3) is 0.133. The molecule has 0 bridgehead atoms. The van der Waals surface area contributed by atoms with Gasteiger partial charge in [0.1, 0.15) is 5.84 Å². The van der Waals surface area contributed by atoms with Crippen molar-refractivity contribution >= 4 is 27.5 Å². The zero-order valence-corrected chi connectivity index (χ0v) is 12.7. The maximum atomic E-state index is 11.9. The number of hydrogen-bond acceptors (Lipinski definition) is 3. The molecule has 21 heavy (non-hydrogen) atoms. The molecule has 0 unspecified atom stereocenters. The molecule has 4 nitrogen and oxygen atoms in total. The van der Waals surface area contributed by atoms with Gasteiger partial charge < -0.3 is 0 Å². The van der Waals surface area contributed by atoms with Crippen molar-refractivity contribution in [3.63, 3.8) is 0 Å². The SMILES string of the molecule is O=S1(=O)NC(=NCCc2ccc(Cl)cc2)c2ccccc21. The quantitative estimate of drug-likeness (QED) is 0.945. The van der Waals surface area contributed by atoms with E-state index in [1.807, 2.05) is 24.3 Å². The molecule has 108 valence electrons. The van der Waals surface area contributed by atoms with Gasteiger partial charge in [-0.25, -0.2) is 8.42 Å². The van der Waals surface area contributed by atoms with E-state index in [1.54, 1.807) is 24.3 Å². The lowest BCUT2D eigenvalue weighted by Crippen LogP contribution is -2.22. The molecule has 2 aromatic carbocycles. The van der Waals surface area contributed by atoms with Crippen molar-refractivity contribution in [2.75, 3.05) is 6.54 Å². The topological polar surface area (TPSA) is 58.5 Å². The van der Waals surface area contributed by atoms with E-state index in [1.165, 1.54) is 0 Å². The lowest BCUT2D eigenvalue weighted by atomic mass is 10.1. The highest BCUT2D eigenvalue weighted by Gasteiger charge is 2.29. The molecule has 0 fully saturated rings. The van der Waals surface area contributed by atoms with E-state index in [-0.39, 0.29) is 4.90 Å². The summed E-state index contributed by atoms with van der Waals surface area (Å²) in [5, 5.41) is 0.697. The minimum absolute atomic E-state index is 0.287. The molecular formula is C15H13ClN2O2S. The third-order valence-corrected chi connectivity index (χ3v) is 4.90. The van der Waals surface area contributed by atoms with Gasteiger partial charge in [0.2, 0.25) is 0 Å². The Morgan fingerprint density at radius 2 is 1.76 bits per heavy atom. The van der Waals surface area contributed by atoms with Crippen LogP contribution in [0, 0.1) is 0 Å². The third-order valence-electron chi connectivity index (χ3n) is 3.25. The second-order valence-corrected chi connectivity index (χ2v) is 6.80. The van der Waals surface area contributed by atoms with Gasteiger partial charge in [0, 0.05) is 17.1 Å². The smallest absolute Gasteiger partial charge is 0.263 e. The van der Waals surface area contributed by atoms with Gasteiger partial charge in [0.15, 0.2) is 0 Å². The second kappa shape index (κ2) is 5.50. The van der Waals surface area contributed by atoms with Crippen molar-refractivity contribution in [2.45, 2.75) is 11.3 Å². The van der Waals surface area contributed by atoms with Gasteiger partial charge in [0.05, 0.1) is 4.90 Å². The number of nitrogens with zero attached hydrogens (tertiary/aromatic N) is 1. The Morgan fingerprint density at radius 1 is 1.05 bits per heavy atom. The van der Waals surface area contributed by atoms with Crippen LogP contribution in [0.3, 0.4) is 0 Å². The van der Waals surface area contributed by atoms with Gasteiger partial charge >= 0.3 is 0 Å². The molecule has 0 amide bonds. The van der Waals surface area contributed by atoms with Gasteiger partial charge in [0.25, 0.3) is 10.0 Å². The summed E-state index contributed by atoms with van der Waals surface area (Å²) in [6.07, 6.45) is 0.727. The van der Waals surface area contributed by atoms with Crippen LogP contribution in [-0.4, -0.2) is 20.8 Å². The highest BCUT2D eigenvalue weighted by atomic mass is 35.5. The first kappa shape index (κ1) is 14.1. The van der Waals surface area contributed by atoms with Crippen LogP contribution in [0.4, 0.5) is 0 Å². The summed E-state index contributed by atoms with van der Waals surface area (Å²) in [6.45, 7) is 0.508. The highest BCUT2D eigenvalue weighted by Crippen LogP contribution is 2.22. The van der Waals surface area contributed by atoms with Gasteiger partial charge in [-0.15, -0.1) is 0 Å². The number of rotatable bonds is 3. The fourth-order valence-corrected chi connectivity index (χ4v) is 3.58. The van der Waals surface area contributed by atoms with Crippen molar-refractivity contribution in [2.24, 2.45) is 4.99 Å². The maximum Gasteiger partial charge on any atom is 0.263 e. The number of halogens is 1. The predicted octanol–water partition coefficient (Wildman–Crippen LogP) is 2.62. The summed E-state index contributed by atoms with van der Waals surface area (Å²) in [5.41, 5.74) is 1.74. The van der Waals surface area contributed by atoms with Crippen molar-refractivity contribution in [3.8, 4) is 0 Å². The van der Waals surface area contributed by atoms with E-state index in [9.17, 15) is 8.42 Å². The molecule has 1 aliphatic rings. The lowest BCUT2D eigenvalue weighted by molar-refractivity contribution is 0.595. The molecule has 0 radical (unpaired) electrons. The molecule has 6 heteroatoms. The number of amidine groups is 1. The van der Waals surface area contributed by atoms with E-state index in [0.29, 0.717) is 23.0 Å². The van der Waals surface area contributed by atoms with E-state index in [4.69, 9.17) is 11.6 Å². The number of fused-ring (bicyclic) bond motifs is 1. The van der Waals surface area contributed by atoms with Crippen LogP contribution >= 0.6 is 11.6 Å². The Kier molecular flexibility index (Phi) is 3.69. The van der Waals surface area contributed by atoms with Crippen LogP contribution in [0.2, 0.25) is 5.02 Å². The summed E-state index contributed by atoms with van der Waals surface area (Å²) in [6, 6.07) is 14.4. The van der Waals surface area contributed by atoms with E-state index >= 15 is 0 Å². The van der Waals surface area contributed by atoms with Crippen LogP contribution in [0.1, 0.15) is 11.1 Å². The minimum atomic E-state index is -3.45. The minimum Gasteiger partial charge on any atom is -0.267 e. The average molecular weight is 321 g/mol. The fourth-order valence-electron chi connectivity index (χ4n) is 2.20. The molecule has 0 aliphatic carbocycles. The molecule has 0 spiro atoms. The Hall–Kier alpha value is -1.85. The predicted molar refractivity (Wildman–Crippen MR) is 83.3 cm³/mol. The molecule has 1 aliphatic heterocycles. The second-order valence-electron chi connectivity index (χ2n) is 4.71. The van der Waals surface area contributed by atoms with Crippen molar-refractivity contribution in [1.82, 2.24) is 4.72 Å². The molecule has 2 aromatic rings. The molecule has 1 N–H and O–H groups in total. The summed E-state index contributed by atoms with van der Waals surface area (Å²) in [5.74, 6) is 0.416. The van der Waals surface area contributed by atoms with E-state index < -0.39 is 10.0 Å². The molecular weight excluding hydrogens is 308 g/mol. The average Bonchev–Trinajstić information content (AvgIpc) is 2.73. The van der Waals surface area contributed by atoms with Gasteiger partial charge in [-0.1, -0.05) is 35.9 Å². The van der Waals surface area contributed by atoms with Crippen molar-refractivity contribution in [1.29, 1.82) is 0 Å². The monoisotopic (exact) mass is 320 g/mol. The summed E-state index contributed by atoms with van der Waals surface area (Å²) < 4.78 is 26.3. The van der Waals surface area contributed by atoms with Crippen LogP contribution in [0.5, 0.6) is 0 Å². The van der Waals surface area contributed by atoms with Gasteiger partial charge in [-0.2, -0.15) is 0 Å². The van der Waals surface area contributed by atoms with Crippen LogP contribution in [0.25, 0.3) is 0 Å². The van der Waals surface area contributed by atoms with Crippen molar-refractivity contribution in [3.05, 3.63) is 64.7 Å². The van der Waals surface area contributed by atoms with E-state index in [0.717, 1.165) is 12.0 Å². The number of nitrogens with one attached hydrogen (secondary N) is 1. The Labute approximate surface area is 128 Å². The molecule has 0 saturated carbocycles. The molecule has 0 saturated heterocycles. The normalized spacial score (nSPS) is 17.5. The standard InChI is InChI=1S/C15H13ClN2O2S/c16-12-7-5-11(6-8-12)9-10-17-15-13-3-1-2-4-14(13)21(19,20)18-15/h1-8H,9-10H2,(H,17,18). The molecule has 0 aromatic heterocycles. The number of aliphatic imine (C=N–C) groups is 1. The highest BCUT2D eigenvalue weighted by molar-refractivity contribution is 7.90. The summed E-state index contributed by atoms with van der Waals surface area (Å²) >= 11 is 5.83. The van der Waals surface area contributed by atoms with Crippen LogP contribution < -0.4 is 4.72 Å². The first-order chi connectivity index (χ1) is 10.1. The zero-order chi connectivity index (χ0) is 14.9. The zero-order valence-electron chi connectivity index (χ0n) is 11.1. The molecule has 3 rings (SSSR count). The van der Waals surface area contributed by atoms with Crippen LogP contribution in [-0.2, 0) is 16.4 Å². The number of benzene rings is 2. The lowest BCUT2D eigenvalue weighted by Gasteiger charge is -2.01. The summed E-state index contributed by atoms with van der Waals surface area (Å²) in [4.78, 5) is 4.66. The maximum absolute atomic E-state index is 11.9. The molecule has 0 atom stereocenters. The Morgan fingerprint density at radius 3 is 2.52 bits per heavy atom. The molecule has 1 heterocycles. The largest absolute Gasteiger partial charge is 0.267 e.